The zero-order valence-electron chi connectivity index (χ0n) is 18.0. The summed E-state index contributed by atoms with van der Waals surface area (Å²) in [7, 11) is 1.53. The first-order valence-electron chi connectivity index (χ1n) is 10.5. The molecule has 1 amide bonds. The van der Waals surface area contributed by atoms with E-state index < -0.39 is 17.8 Å². The molecule has 0 bridgehead atoms. The van der Waals surface area contributed by atoms with Crippen molar-refractivity contribution in [3.05, 3.63) is 48.0 Å². The van der Waals surface area contributed by atoms with Crippen molar-refractivity contribution in [3.63, 3.8) is 0 Å². The number of hydrogen-bond acceptors (Lipinski definition) is 7. The molecule has 3 N–H and O–H groups in total. The van der Waals surface area contributed by atoms with Crippen LogP contribution in [0.15, 0.2) is 42.5 Å². The van der Waals surface area contributed by atoms with E-state index in [9.17, 15) is 18.0 Å². The number of nitrogens with one attached hydrogen (secondary N) is 3. The number of rotatable bonds is 4. The fourth-order valence-corrected chi connectivity index (χ4v) is 3.85. The van der Waals surface area contributed by atoms with Crippen molar-refractivity contribution < 1.29 is 22.7 Å². The fraction of sp³-hybridized carbons (Fsp3) is 0.273. The Bertz CT molecular complexity index is 1370. The molecule has 0 saturated carbocycles. The van der Waals surface area contributed by atoms with Crippen LogP contribution >= 0.6 is 0 Å². The molecule has 2 aromatic heterocycles. The number of methoxy groups -OCH3 is 1. The Labute approximate surface area is 191 Å². The molecule has 1 saturated heterocycles. The van der Waals surface area contributed by atoms with Crippen LogP contribution in [0.3, 0.4) is 0 Å². The number of hydrogen-bond donors (Lipinski definition) is 3. The molecular formula is C22H20F3N7O2. The Hall–Kier alpha value is -3.93. The number of alkyl halides is 3. The number of nitrogens with zero attached hydrogens (tertiary/aromatic N) is 4. The standard InChI is InChI=1S/C22H20F3N7O2/c1-34-13-7-5-12(6-8-13)18-30-19-17-14(22(23,24)25)3-2-4-15(17)28-21(32(19)31-18)29-16-11-26-9-10-27-20(16)33/h2-8,16,26H,9-11H2,1H3,(H,27,33)(H,28,29)/t16-/m1/s1. The molecule has 0 aliphatic carbocycles. The second-order valence-corrected chi connectivity index (χ2v) is 7.72. The second-order valence-electron chi connectivity index (χ2n) is 7.72. The molecule has 176 valence electrons. The van der Waals surface area contributed by atoms with Crippen LogP contribution in [0, 0.1) is 0 Å². The summed E-state index contributed by atoms with van der Waals surface area (Å²) < 4.78 is 47.9. The summed E-state index contributed by atoms with van der Waals surface area (Å²) >= 11 is 0. The lowest BCUT2D eigenvalue weighted by atomic mass is 10.1. The van der Waals surface area contributed by atoms with Crippen LogP contribution < -0.4 is 20.7 Å². The minimum absolute atomic E-state index is 0.0202. The van der Waals surface area contributed by atoms with Crippen molar-refractivity contribution in [1.29, 1.82) is 0 Å². The maximum Gasteiger partial charge on any atom is 0.417 e. The summed E-state index contributed by atoms with van der Waals surface area (Å²) in [6.07, 6.45) is -4.62. The first-order valence-corrected chi connectivity index (χ1v) is 10.5. The molecule has 1 fully saturated rings. The van der Waals surface area contributed by atoms with Gasteiger partial charge in [0, 0.05) is 25.2 Å². The lowest BCUT2D eigenvalue weighted by molar-refractivity contribution is -0.136. The van der Waals surface area contributed by atoms with Gasteiger partial charge in [-0.15, -0.1) is 5.10 Å². The largest absolute Gasteiger partial charge is 0.497 e. The lowest BCUT2D eigenvalue weighted by Gasteiger charge is -2.17. The zero-order chi connectivity index (χ0) is 23.9. The molecule has 1 aliphatic rings. The summed E-state index contributed by atoms with van der Waals surface area (Å²) in [5, 5.41) is 13.2. The van der Waals surface area contributed by atoms with Crippen LogP contribution in [0.1, 0.15) is 5.56 Å². The number of benzene rings is 2. The summed E-state index contributed by atoms with van der Waals surface area (Å²) in [4.78, 5) is 21.3. The predicted molar refractivity (Wildman–Crippen MR) is 119 cm³/mol. The van der Waals surface area contributed by atoms with Crippen LogP contribution in [0.4, 0.5) is 19.1 Å². The van der Waals surface area contributed by atoms with Crippen molar-refractivity contribution >= 4 is 28.4 Å². The molecule has 34 heavy (non-hydrogen) atoms. The number of amides is 1. The van der Waals surface area contributed by atoms with E-state index in [4.69, 9.17) is 4.74 Å². The van der Waals surface area contributed by atoms with Gasteiger partial charge in [-0.1, -0.05) is 6.07 Å². The van der Waals surface area contributed by atoms with Gasteiger partial charge in [0.15, 0.2) is 11.5 Å². The summed E-state index contributed by atoms with van der Waals surface area (Å²) in [6.45, 7) is 1.39. The SMILES string of the molecule is COc1ccc(-c2nc3c4c(C(F)(F)F)cccc4nc(N[C@@H]4CNCCNC4=O)n3n2)cc1. The van der Waals surface area contributed by atoms with E-state index >= 15 is 0 Å². The maximum atomic E-state index is 13.9. The maximum absolute atomic E-state index is 13.9. The first-order chi connectivity index (χ1) is 16.3. The molecule has 5 rings (SSSR count). The van der Waals surface area contributed by atoms with E-state index in [0.29, 0.717) is 30.9 Å². The minimum atomic E-state index is -4.62. The van der Waals surface area contributed by atoms with Crippen molar-refractivity contribution in [2.45, 2.75) is 12.2 Å². The summed E-state index contributed by atoms with van der Waals surface area (Å²) in [5.41, 5.74) is -0.215. The molecule has 3 heterocycles. The van der Waals surface area contributed by atoms with E-state index in [1.807, 2.05) is 0 Å². The van der Waals surface area contributed by atoms with Gasteiger partial charge in [0.05, 0.1) is 23.6 Å². The van der Waals surface area contributed by atoms with E-state index in [1.165, 1.54) is 23.8 Å². The predicted octanol–water partition coefficient (Wildman–Crippen LogP) is 2.47. The van der Waals surface area contributed by atoms with Gasteiger partial charge in [0.2, 0.25) is 11.9 Å². The number of anilines is 1. The Balaban J connectivity index is 1.72. The molecule has 0 radical (unpaired) electrons. The summed E-state index contributed by atoms with van der Waals surface area (Å²) in [6, 6.07) is 9.89. The number of halogens is 3. The van der Waals surface area contributed by atoms with E-state index in [1.54, 1.807) is 24.3 Å². The number of aromatic nitrogens is 4. The highest BCUT2D eigenvalue weighted by Gasteiger charge is 2.35. The van der Waals surface area contributed by atoms with E-state index in [0.717, 1.165) is 6.07 Å². The van der Waals surface area contributed by atoms with Crippen LogP contribution in [-0.2, 0) is 11.0 Å². The Morgan fingerprint density at radius 3 is 2.65 bits per heavy atom. The number of carbonyl (C=O) groups excluding carboxylic acids is 1. The van der Waals surface area contributed by atoms with Gasteiger partial charge in [-0.3, -0.25) is 4.79 Å². The van der Waals surface area contributed by atoms with Crippen LogP contribution in [0.25, 0.3) is 27.9 Å². The Morgan fingerprint density at radius 2 is 1.91 bits per heavy atom. The van der Waals surface area contributed by atoms with Gasteiger partial charge in [0.1, 0.15) is 11.8 Å². The van der Waals surface area contributed by atoms with Crippen molar-refractivity contribution in [2.24, 2.45) is 0 Å². The average Bonchev–Trinajstić information content (AvgIpc) is 3.18. The van der Waals surface area contributed by atoms with Crippen molar-refractivity contribution in [3.8, 4) is 17.1 Å². The minimum Gasteiger partial charge on any atom is -0.497 e. The van der Waals surface area contributed by atoms with Gasteiger partial charge in [0.25, 0.3) is 0 Å². The molecule has 2 aromatic carbocycles. The molecule has 4 aromatic rings. The first kappa shape index (κ1) is 21.9. The highest BCUT2D eigenvalue weighted by atomic mass is 19.4. The van der Waals surface area contributed by atoms with Gasteiger partial charge in [-0.25, -0.2) is 9.97 Å². The third kappa shape index (κ3) is 3.96. The van der Waals surface area contributed by atoms with E-state index in [2.05, 4.69) is 31.0 Å². The number of ether oxygens (including phenoxy) is 1. The van der Waals surface area contributed by atoms with Crippen LogP contribution in [-0.4, -0.2) is 58.3 Å². The second kappa shape index (κ2) is 8.45. The highest BCUT2D eigenvalue weighted by Crippen LogP contribution is 2.37. The molecular weight excluding hydrogens is 451 g/mol. The molecule has 9 nitrogen and oxygen atoms in total. The van der Waals surface area contributed by atoms with Crippen LogP contribution in [0.5, 0.6) is 5.75 Å². The molecule has 1 atom stereocenters. The number of carbonyl (C=O) groups is 1. The highest BCUT2D eigenvalue weighted by molar-refractivity contribution is 5.96. The molecule has 0 unspecified atom stereocenters. The lowest BCUT2D eigenvalue weighted by Crippen LogP contribution is -2.42. The normalized spacial score (nSPS) is 16.9. The monoisotopic (exact) mass is 471 g/mol. The topological polar surface area (TPSA) is 105 Å². The van der Waals surface area contributed by atoms with Gasteiger partial charge in [-0.05, 0) is 36.4 Å². The van der Waals surface area contributed by atoms with Crippen molar-refractivity contribution in [1.82, 2.24) is 30.2 Å². The van der Waals surface area contributed by atoms with Gasteiger partial charge < -0.3 is 20.7 Å². The zero-order valence-corrected chi connectivity index (χ0v) is 18.0. The van der Waals surface area contributed by atoms with Gasteiger partial charge in [-0.2, -0.15) is 17.7 Å². The average molecular weight is 471 g/mol. The van der Waals surface area contributed by atoms with E-state index in [-0.39, 0.29) is 34.2 Å². The van der Waals surface area contributed by atoms with Crippen molar-refractivity contribution in [2.75, 3.05) is 32.1 Å². The quantitative estimate of drug-likeness (QED) is 0.420. The molecule has 1 aliphatic heterocycles. The molecule has 0 spiro atoms. The molecule has 12 heteroatoms. The Kier molecular flexibility index (Phi) is 5.44. The summed E-state index contributed by atoms with van der Waals surface area (Å²) in [5.74, 6) is 0.686. The van der Waals surface area contributed by atoms with Crippen LogP contribution in [0.2, 0.25) is 0 Å². The fourth-order valence-electron chi connectivity index (χ4n) is 3.85. The Morgan fingerprint density at radius 1 is 1.12 bits per heavy atom. The third-order valence-corrected chi connectivity index (χ3v) is 5.52. The smallest absolute Gasteiger partial charge is 0.417 e. The number of fused-ring (bicyclic) bond motifs is 3. The van der Waals surface area contributed by atoms with Gasteiger partial charge >= 0.3 is 6.18 Å². The third-order valence-electron chi connectivity index (χ3n) is 5.52.